The average Bonchev–Trinajstić information content (AvgIpc) is 3.07. The fourth-order valence-corrected chi connectivity index (χ4v) is 3.82. The maximum absolute atomic E-state index is 13.9. The first-order valence-electron chi connectivity index (χ1n) is 8.52. The van der Waals surface area contributed by atoms with Crippen molar-refractivity contribution in [3.63, 3.8) is 0 Å². The lowest BCUT2D eigenvalue weighted by molar-refractivity contribution is -0.113. The Morgan fingerprint density at radius 3 is 2.61 bits per heavy atom. The van der Waals surface area contributed by atoms with Gasteiger partial charge in [-0.2, -0.15) is 0 Å². The normalized spacial score (nSPS) is 10.9. The number of nitrogens with one attached hydrogen (secondary N) is 1. The van der Waals surface area contributed by atoms with E-state index in [1.807, 2.05) is 59.2 Å². The van der Waals surface area contributed by atoms with Gasteiger partial charge in [0.2, 0.25) is 5.91 Å². The van der Waals surface area contributed by atoms with Crippen LogP contribution in [-0.4, -0.2) is 21.2 Å². The van der Waals surface area contributed by atoms with Crippen molar-refractivity contribution in [3.8, 4) is 5.69 Å². The van der Waals surface area contributed by atoms with Crippen LogP contribution in [0, 0.1) is 5.82 Å². The number of carbonyl (C=O) groups is 1. The summed E-state index contributed by atoms with van der Waals surface area (Å²) in [7, 11) is 0. The van der Waals surface area contributed by atoms with Gasteiger partial charge in [-0.3, -0.25) is 9.36 Å². The second-order valence-electron chi connectivity index (χ2n) is 6.02. The van der Waals surface area contributed by atoms with E-state index in [-0.39, 0.29) is 22.4 Å². The molecule has 4 rings (SSSR count). The molecule has 0 fully saturated rings. The van der Waals surface area contributed by atoms with E-state index >= 15 is 0 Å². The highest BCUT2D eigenvalue weighted by Crippen LogP contribution is 2.28. The Kier molecular flexibility index (Phi) is 5.32. The summed E-state index contributed by atoms with van der Waals surface area (Å²) in [6, 6.07) is 21.8. The number of amides is 1. The number of rotatable bonds is 5. The first-order chi connectivity index (χ1) is 13.6. The predicted octanol–water partition coefficient (Wildman–Crippen LogP) is 5.55. The maximum atomic E-state index is 13.9. The highest BCUT2D eigenvalue weighted by Gasteiger charge is 2.15. The number of fused-ring (bicyclic) bond motifs is 1. The minimum atomic E-state index is -0.567. The molecule has 140 valence electrons. The van der Waals surface area contributed by atoms with Crippen LogP contribution in [0.5, 0.6) is 0 Å². The van der Waals surface area contributed by atoms with Crippen molar-refractivity contribution < 1.29 is 9.18 Å². The molecule has 1 heterocycles. The Hall–Kier alpha value is -2.83. The number of hydrogen-bond donors (Lipinski definition) is 1. The van der Waals surface area contributed by atoms with Crippen molar-refractivity contribution in [2.24, 2.45) is 0 Å². The van der Waals surface area contributed by atoms with Crippen LogP contribution in [0.15, 0.2) is 78.0 Å². The average molecular weight is 412 g/mol. The van der Waals surface area contributed by atoms with Gasteiger partial charge >= 0.3 is 0 Å². The van der Waals surface area contributed by atoms with Crippen LogP contribution in [0.2, 0.25) is 5.02 Å². The molecule has 7 heteroatoms. The number of imidazole rings is 1. The number of para-hydroxylation sites is 3. The first kappa shape index (κ1) is 18.5. The third-order valence-electron chi connectivity index (χ3n) is 4.08. The Morgan fingerprint density at radius 2 is 1.82 bits per heavy atom. The lowest BCUT2D eigenvalue weighted by Crippen LogP contribution is -2.15. The molecule has 0 saturated carbocycles. The van der Waals surface area contributed by atoms with E-state index in [1.165, 1.54) is 30.0 Å². The minimum Gasteiger partial charge on any atom is -0.323 e. The second kappa shape index (κ2) is 8.04. The molecule has 0 aliphatic rings. The largest absolute Gasteiger partial charge is 0.323 e. The third-order valence-corrected chi connectivity index (χ3v) is 5.26. The molecular weight excluding hydrogens is 397 g/mol. The number of nitrogens with zero attached hydrogens (tertiary/aromatic N) is 2. The molecule has 0 atom stereocenters. The fraction of sp³-hybridized carbons (Fsp3) is 0.0476. The van der Waals surface area contributed by atoms with Gasteiger partial charge in [0.15, 0.2) is 5.16 Å². The zero-order chi connectivity index (χ0) is 19.5. The van der Waals surface area contributed by atoms with Crippen LogP contribution >= 0.6 is 23.4 Å². The summed E-state index contributed by atoms with van der Waals surface area (Å²) in [5.41, 5.74) is 2.87. The molecule has 4 nitrogen and oxygen atoms in total. The van der Waals surface area contributed by atoms with Gasteiger partial charge in [0, 0.05) is 10.7 Å². The van der Waals surface area contributed by atoms with Gasteiger partial charge < -0.3 is 5.32 Å². The van der Waals surface area contributed by atoms with E-state index in [0.29, 0.717) is 5.16 Å². The topological polar surface area (TPSA) is 46.9 Å². The molecule has 0 unspecified atom stereocenters. The monoisotopic (exact) mass is 411 g/mol. The van der Waals surface area contributed by atoms with E-state index in [4.69, 9.17) is 11.6 Å². The van der Waals surface area contributed by atoms with Gasteiger partial charge in [-0.05, 0) is 42.5 Å². The van der Waals surface area contributed by atoms with Crippen molar-refractivity contribution in [2.75, 3.05) is 11.1 Å². The third kappa shape index (κ3) is 3.88. The second-order valence-corrected chi connectivity index (χ2v) is 7.39. The summed E-state index contributed by atoms with van der Waals surface area (Å²) >= 11 is 7.04. The molecule has 0 spiro atoms. The summed E-state index contributed by atoms with van der Waals surface area (Å²) in [6.45, 7) is 0. The maximum Gasteiger partial charge on any atom is 0.234 e. The standard InChI is InChI=1S/C21H15ClFN3OS/c22-14-10-11-17(16(23)12-14)24-20(27)13-28-21-25-18-8-4-5-9-19(18)26(21)15-6-2-1-3-7-15/h1-12H,13H2,(H,24,27). The Bertz CT molecular complexity index is 1150. The Morgan fingerprint density at radius 1 is 1.07 bits per heavy atom. The molecule has 0 aliphatic heterocycles. The fourth-order valence-electron chi connectivity index (χ4n) is 2.83. The van der Waals surface area contributed by atoms with Crippen LogP contribution in [0.3, 0.4) is 0 Å². The summed E-state index contributed by atoms with van der Waals surface area (Å²) < 4.78 is 15.9. The molecule has 3 aromatic carbocycles. The lowest BCUT2D eigenvalue weighted by Gasteiger charge is -2.09. The van der Waals surface area contributed by atoms with Crippen molar-refractivity contribution in [2.45, 2.75) is 5.16 Å². The van der Waals surface area contributed by atoms with Gasteiger partial charge in [0.05, 0.1) is 22.5 Å². The molecule has 1 aromatic heterocycles. The van der Waals surface area contributed by atoms with Crippen molar-refractivity contribution >= 4 is 46.0 Å². The van der Waals surface area contributed by atoms with Crippen molar-refractivity contribution in [1.82, 2.24) is 9.55 Å². The molecule has 1 N–H and O–H groups in total. The van der Waals surface area contributed by atoms with Crippen LogP contribution < -0.4 is 5.32 Å². The summed E-state index contributed by atoms with van der Waals surface area (Å²) in [5.74, 6) is -0.793. The zero-order valence-corrected chi connectivity index (χ0v) is 16.2. The molecule has 4 aromatic rings. The smallest absolute Gasteiger partial charge is 0.234 e. The van der Waals surface area contributed by atoms with Crippen LogP contribution in [-0.2, 0) is 4.79 Å². The zero-order valence-electron chi connectivity index (χ0n) is 14.6. The van der Waals surface area contributed by atoms with E-state index < -0.39 is 5.82 Å². The van der Waals surface area contributed by atoms with Gasteiger partial charge in [0.1, 0.15) is 5.82 Å². The quantitative estimate of drug-likeness (QED) is 0.438. The molecular formula is C21H15ClFN3OS. The first-order valence-corrected chi connectivity index (χ1v) is 9.89. The van der Waals surface area contributed by atoms with Gasteiger partial charge in [-0.1, -0.05) is 53.7 Å². The van der Waals surface area contributed by atoms with E-state index in [1.54, 1.807) is 0 Å². The minimum absolute atomic E-state index is 0.0955. The van der Waals surface area contributed by atoms with Crippen molar-refractivity contribution in [1.29, 1.82) is 0 Å². The highest BCUT2D eigenvalue weighted by molar-refractivity contribution is 7.99. The predicted molar refractivity (Wildman–Crippen MR) is 112 cm³/mol. The van der Waals surface area contributed by atoms with E-state index in [0.717, 1.165) is 16.7 Å². The molecule has 0 bridgehead atoms. The van der Waals surface area contributed by atoms with Gasteiger partial charge in [0.25, 0.3) is 0 Å². The van der Waals surface area contributed by atoms with E-state index in [9.17, 15) is 9.18 Å². The van der Waals surface area contributed by atoms with Crippen LogP contribution in [0.25, 0.3) is 16.7 Å². The Labute approximate surface area is 170 Å². The van der Waals surface area contributed by atoms with Gasteiger partial charge in [-0.15, -0.1) is 0 Å². The van der Waals surface area contributed by atoms with Crippen molar-refractivity contribution in [3.05, 3.63) is 83.6 Å². The lowest BCUT2D eigenvalue weighted by atomic mass is 10.3. The molecule has 1 amide bonds. The highest BCUT2D eigenvalue weighted by atomic mass is 35.5. The molecule has 0 aliphatic carbocycles. The number of benzene rings is 3. The summed E-state index contributed by atoms with van der Waals surface area (Å²) in [5, 5.41) is 3.54. The summed E-state index contributed by atoms with van der Waals surface area (Å²) in [4.78, 5) is 17.0. The number of carbonyl (C=O) groups excluding carboxylic acids is 1. The SMILES string of the molecule is O=C(CSc1nc2ccccc2n1-c1ccccc1)Nc1ccc(Cl)cc1F. The number of hydrogen-bond acceptors (Lipinski definition) is 3. The summed E-state index contributed by atoms with van der Waals surface area (Å²) in [6.07, 6.45) is 0. The molecule has 0 saturated heterocycles. The van der Waals surface area contributed by atoms with Crippen LogP contribution in [0.4, 0.5) is 10.1 Å². The molecule has 28 heavy (non-hydrogen) atoms. The van der Waals surface area contributed by atoms with Crippen LogP contribution in [0.1, 0.15) is 0 Å². The number of thioether (sulfide) groups is 1. The van der Waals surface area contributed by atoms with E-state index in [2.05, 4.69) is 10.3 Å². The van der Waals surface area contributed by atoms with Gasteiger partial charge in [-0.25, -0.2) is 9.37 Å². The number of halogens is 2. The molecule has 0 radical (unpaired) electrons. The number of anilines is 1. The Balaban J connectivity index is 1.57. The number of aromatic nitrogens is 2.